The number of nitrogens with one attached hydrogen (secondary N) is 1. The Morgan fingerprint density at radius 3 is 2.38 bits per heavy atom. The minimum Gasteiger partial charge on any atom is -0.462 e. The number of unbranched alkanes of at least 4 members (excludes halogenated alkanes) is 1. The fourth-order valence-electron chi connectivity index (χ4n) is 5.06. The van der Waals surface area contributed by atoms with E-state index < -0.39 is 0 Å². The van der Waals surface area contributed by atoms with Crippen molar-refractivity contribution >= 4 is 28.4 Å². The summed E-state index contributed by atoms with van der Waals surface area (Å²) < 4.78 is 7.66. The van der Waals surface area contributed by atoms with Crippen LogP contribution in [-0.4, -0.2) is 23.1 Å². The summed E-state index contributed by atoms with van der Waals surface area (Å²) in [6.45, 7) is 10.9. The summed E-state index contributed by atoms with van der Waals surface area (Å²) >= 11 is 0. The van der Waals surface area contributed by atoms with Gasteiger partial charge < -0.3 is 14.6 Å². The monoisotopic (exact) mass is 560 g/mol. The van der Waals surface area contributed by atoms with Crippen molar-refractivity contribution in [1.82, 2.24) is 9.88 Å². The van der Waals surface area contributed by atoms with E-state index in [-0.39, 0.29) is 17.9 Å². The van der Waals surface area contributed by atoms with E-state index in [0.29, 0.717) is 24.3 Å². The Balaban J connectivity index is 1.47. The number of benzene rings is 3. The van der Waals surface area contributed by atoms with Gasteiger partial charge in [-0.05, 0) is 72.4 Å². The van der Waals surface area contributed by atoms with Gasteiger partial charge in [0.05, 0.1) is 18.2 Å². The molecule has 1 heterocycles. The number of hydrogen-bond donors (Lipinski definition) is 1. The van der Waals surface area contributed by atoms with Gasteiger partial charge in [0, 0.05) is 29.2 Å². The fourth-order valence-corrected chi connectivity index (χ4v) is 5.06. The van der Waals surface area contributed by atoms with Gasteiger partial charge in [0.25, 0.3) is 5.91 Å². The molecular weight excluding hydrogens is 520 g/mol. The molecule has 216 valence electrons. The molecule has 5 heteroatoms. The van der Waals surface area contributed by atoms with Crippen LogP contribution in [0.1, 0.15) is 73.1 Å². The molecular formula is C37H40N2O3. The molecule has 1 atom stereocenters. The molecule has 0 aliphatic heterocycles. The Morgan fingerprint density at radius 1 is 0.976 bits per heavy atom. The van der Waals surface area contributed by atoms with Crippen molar-refractivity contribution < 1.29 is 14.3 Å². The van der Waals surface area contributed by atoms with Gasteiger partial charge in [-0.1, -0.05) is 93.6 Å². The lowest BCUT2D eigenvalue weighted by molar-refractivity contribution is -0.138. The van der Waals surface area contributed by atoms with Crippen LogP contribution in [0.15, 0.2) is 115 Å². The highest BCUT2D eigenvalue weighted by Gasteiger charge is 2.17. The number of ether oxygens (including phenoxy) is 1. The van der Waals surface area contributed by atoms with Gasteiger partial charge in [-0.25, -0.2) is 4.79 Å². The van der Waals surface area contributed by atoms with Crippen LogP contribution in [0, 0.1) is 0 Å². The molecule has 0 aliphatic rings. The van der Waals surface area contributed by atoms with E-state index >= 15 is 0 Å². The highest BCUT2D eigenvalue weighted by molar-refractivity contribution is 6.06. The highest BCUT2D eigenvalue weighted by atomic mass is 16.5. The summed E-state index contributed by atoms with van der Waals surface area (Å²) in [4.78, 5) is 25.9. The zero-order chi connectivity index (χ0) is 29.9. The SMILES string of the molecule is C=C/C=C(C(=O)OCCCC)\C(=C/C)c1ccc(Cn2ccc3cc(C(=O)NC(CC)c4ccccc4)ccc32)cc1. The van der Waals surface area contributed by atoms with Crippen molar-refractivity contribution in [1.29, 1.82) is 0 Å². The van der Waals surface area contributed by atoms with Crippen LogP contribution < -0.4 is 5.32 Å². The first kappa shape index (κ1) is 30.3. The number of carbonyl (C=O) groups is 2. The topological polar surface area (TPSA) is 60.3 Å². The van der Waals surface area contributed by atoms with E-state index in [1.165, 1.54) is 0 Å². The first-order chi connectivity index (χ1) is 20.5. The Hall–Kier alpha value is -4.64. The van der Waals surface area contributed by atoms with Crippen molar-refractivity contribution in [2.45, 2.75) is 52.6 Å². The van der Waals surface area contributed by atoms with Crippen LogP contribution in [0.2, 0.25) is 0 Å². The van der Waals surface area contributed by atoms with Crippen molar-refractivity contribution in [2.75, 3.05) is 6.61 Å². The maximum Gasteiger partial charge on any atom is 0.338 e. The van der Waals surface area contributed by atoms with Crippen LogP contribution in [0.4, 0.5) is 0 Å². The number of hydrogen-bond acceptors (Lipinski definition) is 3. The third-order valence-corrected chi connectivity index (χ3v) is 7.38. The lowest BCUT2D eigenvalue weighted by Crippen LogP contribution is -2.28. The molecule has 3 aromatic carbocycles. The van der Waals surface area contributed by atoms with Crippen molar-refractivity contribution in [3.05, 3.63) is 138 Å². The average molecular weight is 561 g/mol. The smallest absolute Gasteiger partial charge is 0.338 e. The summed E-state index contributed by atoms with van der Waals surface area (Å²) in [5.41, 5.74) is 6.20. The van der Waals surface area contributed by atoms with Gasteiger partial charge in [-0.3, -0.25) is 4.79 Å². The van der Waals surface area contributed by atoms with Crippen molar-refractivity contribution in [2.24, 2.45) is 0 Å². The van der Waals surface area contributed by atoms with E-state index in [1.54, 1.807) is 12.2 Å². The first-order valence-electron chi connectivity index (χ1n) is 14.7. The zero-order valence-corrected chi connectivity index (χ0v) is 24.8. The average Bonchev–Trinajstić information content (AvgIpc) is 3.42. The second-order valence-corrected chi connectivity index (χ2v) is 10.3. The lowest BCUT2D eigenvalue weighted by atomic mass is 9.96. The first-order valence-corrected chi connectivity index (χ1v) is 14.7. The summed E-state index contributed by atoms with van der Waals surface area (Å²) in [6, 6.07) is 26.2. The molecule has 1 amide bonds. The molecule has 0 saturated carbocycles. The highest BCUT2D eigenvalue weighted by Crippen LogP contribution is 2.26. The molecule has 0 spiro atoms. The Morgan fingerprint density at radius 2 is 1.71 bits per heavy atom. The molecule has 42 heavy (non-hydrogen) atoms. The predicted octanol–water partition coefficient (Wildman–Crippen LogP) is 8.43. The molecule has 0 fully saturated rings. The largest absolute Gasteiger partial charge is 0.462 e. The molecule has 0 bridgehead atoms. The third-order valence-electron chi connectivity index (χ3n) is 7.38. The standard InChI is InChI=1S/C37H40N2O3/c1-5-9-24-42-37(41)33(13-6-2)32(7-3)28-18-16-27(17-19-28)26-39-23-22-30-25-31(20-21-35(30)39)36(40)38-34(8-4)29-14-11-10-12-15-29/h6-7,10-23,25,34H,2,5,8-9,24,26H2,1,3-4H3,(H,38,40)/b32-7-,33-13+. The maximum atomic E-state index is 13.1. The molecule has 1 unspecified atom stereocenters. The minimum absolute atomic E-state index is 0.0277. The second kappa shape index (κ2) is 14.8. The van der Waals surface area contributed by atoms with E-state index in [2.05, 4.69) is 42.4 Å². The number of amides is 1. The minimum atomic E-state index is -0.335. The van der Waals surface area contributed by atoms with Crippen molar-refractivity contribution in [3.8, 4) is 0 Å². The van der Waals surface area contributed by atoms with Gasteiger partial charge in [0.15, 0.2) is 0 Å². The van der Waals surface area contributed by atoms with Crippen molar-refractivity contribution in [3.63, 3.8) is 0 Å². The summed E-state index contributed by atoms with van der Waals surface area (Å²) in [5.74, 6) is -0.410. The summed E-state index contributed by atoms with van der Waals surface area (Å²) in [5, 5.41) is 4.19. The molecule has 0 radical (unpaired) electrons. The van der Waals surface area contributed by atoms with Gasteiger partial charge in [-0.2, -0.15) is 0 Å². The number of rotatable bonds is 13. The van der Waals surface area contributed by atoms with E-state index in [9.17, 15) is 9.59 Å². The molecule has 5 nitrogen and oxygen atoms in total. The number of carbonyl (C=O) groups excluding carboxylic acids is 2. The summed E-state index contributed by atoms with van der Waals surface area (Å²) in [6.07, 6.45) is 9.93. The fraction of sp³-hybridized carbons (Fsp3) is 0.243. The van der Waals surface area contributed by atoms with Crippen LogP contribution in [0.3, 0.4) is 0 Å². The van der Waals surface area contributed by atoms with E-state index in [1.807, 2.05) is 85.9 Å². The van der Waals surface area contributed by atoms with Gasteiger partial charge in [0.2, 0.25) is 0 Å². The third kappa shape index (κ3) is 7.35. The van der Waals surface area contributed by atoms with Crippen LogP contribution in [0.5, 0.6) is 0 Å². The second-order valence-electron chi connectivity index (χ2n) is 10.3. The molecule has 1 aromatic heterocycles. The molecule has 0 saturated heterocycles. The van der Waals surface area contributed by atoms with Crippen LogP contribution in [0.25, 0.3) is 16.5 Å². The molecule has 0 aliphatic carbocycles. The Labute approximate surface area is 249 Å². The quantitative estimate of drug-likeness (QED) is 0.0773. The van der Waals surface area contributed by atoms with Crippen LogP contribution in [-0.2, 0) is 16.1 Å². The molecule has 4 rings (SSSR count). The maximum absolute atomic E-state index is 13.1. The number of nitrogens with zero attached hydrogens (tertiary/aromatic N) is 1. The number of fused-ring (bicyclic) bond motifs is 1. The molecule has 4 aromatic rings. The lowest BCUT2D eigenvalue weighted by Gasteiger charge is -2.17. The van der Waals surface area contributed by atoms with E-state index in [4.69, 9.17) is 4.74 Å². The van der Waals surface area contributed by atoms with E-state index in [0.717, 1.165) is 52.4 Å². The number of allylic oxidation sites excluding steroid dienone is 3. The van der Waals surface area contributed by atoms with Gasteiger partial charge >= 0.3 is 5.97 Å². The van der Waals surface area contributed by atoms with Crippen LogP contribution >= 0.6 is 0 Å². The normalized spacial score (nSPS) is 12.6. The van der Waals surface area contributed by atoms with Gasteiger partial charge in [-0.15, -0.1) is 0 Å². The number of aromatic nitrogens is 1. The Bertz CT molecular complexity index is 1580. The summed E-state index contributed by atoms with van der Waals surface area (Å²) in [7, 11) is 0. The zero-order valence-electron chi connectivity index (χ0n) is 24.8. The predicted molar refractivity (Wildman–Crippen MR) is 172 cm³/mol. The van der Waals surface area contributed by atoms with Gasteiger partial charge in [0.1, 0.15) is 0 Å². The molecule has 1 N–H and O–H groups in total. The Kier molecular flexibility index (Phi) is 10.7. The number of esters is 1.